The molecule has 0 radical (unpaired) electrons. The lowest BCUT2D eigenvalue weighted by atomic mass is 10.1. The molecule has 17 heavy (non-hydrogen) atoms. The van der Waals surface area contributed by atoms with E-state index in [-0.39, 0.29) is 0 Å². The predicted octanol–water partition coefficient (Wildman–Crippen LogP) is 0.966. The summed E-state index contributed by atoms with van der Waals surface area (Å²) in [7, 11) is 0. The van der Waals surface area contributed by atoms with E-state index in [1.807, 2.05) is 13.0 Å². The Balaban J connectivity index is 1.62. The molecule has 5 nitrogen and oxygen atoms in total. The summed E-state index contributed by atoms with van der Waals surface area (Å²) in [5, 5.41) is 6.56. The molecule has 2 heterocycles. The molecule has 0 atom stereocenters. The minimum absolute atomic E-state index is 0.421. The lowest BCUT2D eigenvalue weighted by Gasteiger charge is -2.22. The standard InChI is InChI=1S/C12H20N4O/c1-10-14-7-4-12(16-10)15-8-9-17-11-2-5-13-6-3-11/h4,7,11,13H,2-3,5-6,8-9H2,1H3,(H,14,15,16). The molecule has 0 spiro atoms. The molecular formula is C12H20N4O. The largest absolute Gasteiger partial charge is 0.376 e. The highest BCUT2D eigenvalue weighted by molar-refractivity contribution is 5.32. The fourth-order valence-corrected chi connectivity index (χ4v) is 1.92. The van der Waals surface area contributed by atoms with E-state index in [0.717, 1.165) is 50.7 Å². The fourth-order valence-electron chi connectivity index (χ4n) is 1.92. The van der Waals surface area contributed by atoms with Crippen molar-refractivity contribution in [2.45, 2.75) is 25.9 Å². The first-order valence-electron chi connectivity index (χ1n) is 6.20. The van der Waals surface area contributed by atoms with Gasteiger partial charge in [-0.1, -0.05) is 0 Å². The third-order valence-corrected chi connectivity index (χ3v) is 2.82. The van der Waals surface area contributed by atoms with Crippen molar-refractivity contribution in [3.05, 3.63) is 18.1 Å². The summed E-state index contributed by atoms with van der Waals surface area (Å²) in [4.78, 5) is 8.32. The van der Waals surface area contributed by atoms with Crippen LogP contribution in [-0.2, 0) is 4.74 Å². The molecule has 1 aliphatic rings. The number of hydrogen-bond acceptors (Lipinski definition) is 5. The lowest BCUT2D eigenvalue weighted by Crippen LogP contribution is -2.33. The average Bonchev–Trinajstić information content (AvgIpc) is 2.36. The highest BCUT2D eigenvalue weighted by Gasteiger charge is 2.12. The zero-order valence-corrected chi connectivity index (χ0v) is 10.3. The molecular weight excluding hydrogens is 216 g/mol. The van der Waals surface area contributed by atoms with E-state index < -0.39 is 0 Å². The number of hydrogen-bond donors (Lipinski definition) is 2. The minimum Gasteiger partial charge on any atom is -0.376 e. The highest BCUT2D eigenvalue weighted by Crippen LogP contribution is 2.07. The number of rotatable bonds is 5. The molecule has 2 N–H and O–H groups in total. The van der Waals surface area contributed by atoms with Crippen LogP contribution in [0.15, 0.2) is 12.3 Å². The van der Waals surface area contributed by atoms with Gasteiger partial charge in [-0.3, -0.25) is 0 Å². The van der Waals surface area contributed by atoms with Crippen molar-refractivity contribution in [2.75, 3.05) is 31.6 Å². The summed E-state index contributed by atoms with van der Waals surface area (Å²) in [5.41, 5.74) is 0. The molecule has 0 aromatic carbocycles. The molecule has 1 aliphatic heterocycles. The average molecular weight is 236 g/mol. The van der Waals surface area contributed by atoms with Crippen LogP contribution in [0, 0.1) is 6.92 Å². The Hall–Kier alpha value is -1.20. The zero-order valence-electron chi connectivity index (χ0n) is 10.3. The van der Waals surface area contributed by atoms with Gasteiger partial charge in [-0.15, -0.1) is 0 Å². The number of nitrogens with zero attached hydrogens (tertiary/aromatic N) is 2. The van der Waals surface area contributed by atoms with Crippen LogP contribution in [0.2, 0.25) is 0 Å². The predicted molar refractivity (Wildman–Crippen MR) is 67.1 cm³/mol. The van der Waals surface area contributed by atoms with Crippen molar-refractivity contribution in [3.63, 3.8) is 0 Å². The van der Waals surface area contributed by atoms with Crippen molar-refractivity contribution in [3.8, 4) is 0 Å². The van der Waals surface area contributed by atoms with E-state index in [0.29, 0.717) is 6.10 Å². The van der Waals surface area contributed by atoms with E-state index in [1.54, 1.807) is 6.20 Å². The zero-order chi connectivity index (χ0) is 11.9. The second kappa shape index (κ2) is 6.51. The normalized spacial score (nSPS) is 17.0. The number of aryl methyl sites for hydroxylation is 1. The van der Waals surface area contributed by atoms with Gasteiger partial charge in [-0.2, -0.15) is 0 Å². The number of ether oxygens (including phenoxy) is 1. The minimum atomic E-state index is 0.421. The summed E-state index contributed by atoms with van der Waals surface area (Å²) in [6.45, 7) is 5.55. The van der Waals surface area contributed by atoms with Gasteiger partial charge in [-0.05, 0) is 38.9 Å². The maximum atomic E-state index is 5.79. The van der Waals surface area contributed by atoms with Gasteiger partial charge in [0.05, 0.1) is 12.7 Å². The number of anilines is 1. The van der Waals surface area contributed by atoms with Gasteiger partial charge < -0.3 is 15.4 Å². The van der Waals surface area contributed by atoms with Gasteiger partial charge in [0.15, 0.2) is 0 Å². The van der Waals surface area contributed by atoms with Crippen molar-refractivity contribution in [1.29, 1.82) is 0 Å². The highest BCUT2D eigenvalue weighted by atomic mass is 16.5. The SMILES string of the molecule is Cc1nccc(NCCOC2CCNCC2)n1. The van der Waals surface area contributed by atoms with Crippen molar-refractivity contribution in [2.24, 2.45) is 0 Å². The Kier molecular flexibility index (Phi) is 4.70. The Morgan fingerprint density at radius 2 is 2.29 bits per heavy atom. The van der Waals surface area contributed by atoms with Crippen LogP contribution in [0.4, 0.5) is 5.82 Å². The number of aromatic nitrogens is 2. The third-order valence-electron chi connectivity index (χ3n) is 2.82. The molecule has 2 rings (SSSR count). The van der Waals surface area contributed by atoms with Gasteiger partial charge in [0, 0.05) is 12.7 Å². The van der Waals surface area contributed by atoms with Crippen LogP contribution in [0.1, 0.15) is 18.7 Å². The van der Waals surface area contributed by atoms with E-state index in [2.05, 4.69) is 20.6 Å². The summed E-state index contributed by atoms with van der Waals surface area (Å²) in [5.74, 6) is 1.65. The van der Waals surface area contributed by atoms with Crippen LogP contribution in [0.5, 0.6) is 0 Å². The molecule has 0 bridgehead atoms. The van der Waals surface area contributed by atoms with Crippen molar-refractivity contribution < 1.29 is 4.74 Å². The van der Waals surface area contributed by atoms with Gasteiger partial charge in [0.1, 0.15) is 11.6 Å². The van der Waals surface area contributed by atoms with Crippen LogP contribution >= 0.6 is 0 Å². The first kappa shape index (κ1) is 12.3. The molecule has 0 amide bonds. The molecule has 0 unspecified atom stereocenters. The smallest absolute Gasteiger partial charge is 0.129 e. The molecule has 1 aromatic rings. The maximum Gasteiger partial charge on any atom is 0.129 e. The van der Waals surface area contributed by atoms with E-state index in [9.17, 15) is 0 Å². The van der Waals surface area contributed by atoms with Crippen molar-refractivity contribution >= 4 is 5.82 Å². The van der Waals surface area contributed by atoms with E-state index in [1.165, 1.54) is 0 Å². The van der Waals surface area contributed by atoms with Crippen LogP contribution in [0.3, 0.4) is 0 Å². The Bertz CT molecular complexity index is 339. The Morgan fingerprint density at radius 1 is 1.47 bits per heavy atom. The monoisotopic (exact) mass is 236 g/mol. The lowest BCUT2D eigenvalue weighted by molar-refractivity contribution is 0.0394. The van der Waals surface area contributed by atoms with E-state index >= 15 is 0 Å². The fraction of sp³-hybridized carbons (Fsp3) is 0.667. The number of nitrogens with one attached hydrogen (secondary N) is 2. The van der Waals surface area contributed by atoms with Gasteiger partial charge in [0.2, 0.25) is 0 Å². The topological polar surface area (TPSA) is 59.1 Å². The summed E-state index contributed by atoms with van der Waals surface area (Å²) < 4.78 is 5.79. The molecule has 1 fully saturated rings. The summed E-state index contributed by atoms with van der Waals surface area (Å²) in [6, 6.07) is 1.87. The van der Waals surface area contributed by atoms with Gasteiger partial charge in [-0.25, -0.2) is 9.97 Å². The molecule has 0 aliphatic carbocycles. The summed E-state index contributed by atoms with van der Waals surface area (Å²) >= 11 is 0. The second-order valence-corrected chi connectivity index (χ2v) is 4.24. The van der Waals surface area contributed by atoms with E-state index in [4.69, 9.17) is 4.74 Å². The van der Waals surface area contributed by atoms with Crippen LogP contribution in [0.25, 0.3) is 0 Å². The maximum absolute atomic E-state index is 5.79. The quantitative estimate of drug-likeness (QED) is 0.746. The molecule has 1 aromatic heterocycles. The first-order chi connectivity index (χ1) is 8.34. The Morgan fingerprint density at radius 3 is 3.06 bits per heavy atom. The van der Waals surface area contributed by atoms with Gasteiger partial charge >= 0.3 is 0 Å². The molecule has 5 heteroatoms. The van der Waals surface area contributed by atoms with Crippen molar-refractivity contribution in [1.82, 2.24) is 15.3 Å². The molecule has 0 saturated carbocycles. The Labute approximate surface area is 102 Å². The molecule has 94 valence electrons. The first-order valence-corrected chi connectivity index (χ1v) is 6.20. The summed E-state index contributed by atoms with van der Waals surface area (Å²) in [6.07, 6.45) is 4.42. The molecule has 1 saturated heterocycles. The van der Waals surface area contributed by atoms with Gasteiger partial charge in [0.25, 0.3) is 0 Å². The van der Waals surface area contributed by atoms with Crippen LogP contribution in [-0.4, -0.2) is 42.3 Å². The third kappa shape index (κ3) is 4.28. The number of piperidine rings is 1. The second-order valence-electron chi connectivity index (χ2n) is 4.24. The van der Waals surface area contributed by atoms with Crippen LogP contribution < -0.4 is 10.6 Å².